The Morgan fingerprint density at radius 2 is 2.12 bits per heavy atom. The number of aliphatic carboxylic acids is 1. The zero-order valence-electron chi connectivity index (χ0n) is 15.7. The first kappa shape index (κ1) is 21.1. The fourth-order valence-corrected chi connectivity index (χ4v) is 2.08. The molecule has 1 aromatic rings. The van der Waals surface area contributed by atoms with Gasteiger partial charge in [0.05, 0.1) is 5.70 Å². The first-order chi connectivity index (χ1) is 12.6. The van der Waals surface area contributed by atoms with Crippen LogP contribution in [0.15, 0.2) is 76.8 Å². The van der Waals surface area contributed by atoms with E-state index in [1.165, 1.54) is 0 Å². The third kappa shape index (κ3) is 8.24. The minimum absolute atomic E-state index is 0.397. The van der Waals surface area contributed by atoms with E-state index in [4.69, 9.17) is 5.11 Å². The molecule has 1 aliphatic carbocycles. The van der Waals surface area contributed by atoms with Crippen molar-refractivity contribution >= 4 is 18.4 Å². The quantitative estimate of drug-likeness (QED) is 0.443. The summed E-state index contributed by atoms with van der Waals surface area (Å²) in [6, 6.07) is 1.89. The van der Waals surface area contributed by atoms with Crippen molar-refractivity contribution in [1.29, 1.82) is 0 Å². The van der Waals surface area contributed by atoms with E-state index < -0.39 is 5.97 Å². The van der Waals surface area contributed by atoms with Gasteiger partial charge in [-0.25, -0.2) is 9.48 Å². The molecule has 2 rings (SSSR count). The summed E-state index contributed by atoms with van der Waals surface area (Å²) in [5.74, 6) is -0.867. The minimum Gasteiger partial charge on any atom is -0.478 e. The lowest BCUT2D eigenvalue weighted by atomic mass is 10.2. The van der Waals surface area contributed by atoms with Crippen LogP contribution in [-0.2, 0) is 4.79 Å². The first-order valence-electron chi connectivity index (χ1n) is 8.65. The molecule has 1 N–H and O–H groups in total. The molecule has 26 heavy (non-hydrogen) atoms. The Labute approximate surface area is 155 Å². The van der Waals surface area contributed by atoms with Crippen LogP contribution in [0.3, 0.4) is 0 Å². The lowest BCUT2D eigenvalue weighted by Gasteiger charge is -1.99. The zero-order chi connectivity index (χ0) is 19.2. The van der Waals surface area contributed by atoms with Crippen molar-refractivity contribution in [3.63, 3.8) is 0 Å². The maximum Gasteiger partial charge on any atom is 0.331 e. The molecule has 1 aliphatic rings. The second-order valence-electron chi connectivity index (χ2n) is 5.57. The van der Waals surface area contributed by atoms with Crippen LogP contribution in [0, 0.1) is 0 Å². The molecule has 0 radical (unpaired) electrons. The maximum atomic E-state index is 10.9. The molecule has 1 aromatic heterocycles. The number of hydrogen-bond acceptors (Lipinski definition) is 3. The van der Waals surface area contributed by atoms with E-state index in [1.54, 1.807) is 17.0 Å². The van der Waals surface area contributed by atoms with Crippen LogP contribution in [-0.4, -0.2) is 27.1 Å². The van der Waals surface area contributed by atoms with Crippen molar-refractivity contribution in [3.8, 4) is 0 Å². The normalized spacial score (nSPS) is 14.7. The van der Waals surface area contributed by atoms with Gasteiger partial charge in [-0.2, -0.15) is 5.10 Å². The molecule has 138 valence electrons. The number of carboxylic acids is 1. The van der Waals surface area contributed by atoms with Crippen molar-refractivity contribution in [2.75, 3.05) is 0 Å². The summed E-state index contributed by atoms with van der Waals surface area (Å²) in [4.78, 5) is 15.3. The van der Waals surface area contributed by atoms with Crippen LogP contribution < -0.4 is 0 Å². The van der Waals surface area contributed by atoms with Crippen LogP contribution >= 0.6 is 0 Å². The van der Waals surface area contributed by atoms with E-state index in [2.05, 4.69) is 16.2 Å². The monoisotopic (exact) mass is 353 g/mol. The van der Waals surface area contributed by atoms with Gasteiger partial charge in [0.25, 0.3) is 0 Å². The van der Waals surface area contributed by atoms with Crippen molar-refractivity contribution in [2.24, 2.45) is 4.99 Å². The molecule has 0 amide bonds. The third-order valence-electron chi connectivity index (χ3n) is 3.48. The van der Waals surface area contributed by atoms with E-state index in [1.807, 2.05) is 69.8 Å². The number of nitrogens with zero attached hydrogens (tertiary/aromatic N) is 3. The molecule has 0 saturated heterocycles. The Morgan fingerprint density at radius 1 is 1.31 bits per heavy atom. The van der Waals surface area contributed by atoms with Crippen LogP contribution in [0.1, 0.15) is 40.0 Å². The predicted molar refractivity (Wildman–Crippen MR) is 108 cm³/mol. The van der Waals surface area contributed by atoms with Gasteiger partial charge in [0.15, 0.2) is 0 Å². The average molecular weight is 353 g/mol. The van der Waals surface area contributed by atoms with E-state index in [9.17, 15) is 4.79 Å². The topological polar surface area (TPSA) is 67.5 Å². The van der Waals surface area contributed by atoms with Gasteiger partial charge in [0.1, 0.15) is 0 Å². The molecule has 0 atom stereocenters. The highest BCUT2D eigenvalue weighted by Gasteiger charge is 2.08. The summed E-state index contributed by atoms with van der Waals surface area (Å²) in [7, 11) is 0. The molecular formula is C21H27N3O2. The molecule has 0 bridgehead atoms. The summed E-state index contributed by atoms with van der Waals surface area (Å²) < 4.78 is 1.75. The molecule has 0 aliphatic heterocycles. The zero-order valence-corrected chi connectivity index (χ0v) is 15.7. The van der Waals surface area contributed by atoms with Gasteiger partial charge in [0, 0.05) is 30.4 Å². The number of aliphatic imine (C=N–C) groups is 1. The standard InChI is InChI=1S/C15H19NO2.C6H8N2/c1-3-4-5-6-11-16-14-10-9-13(15(17)18)8-7-12(14)2;1-2-5-8-6-3-4-7-8/h3-4,7-8,10-11H,5-6,9H2,1-2H3,(H,17,18);2-6H,1H3/b4-3-,16-11?;5-2+. The van der Waals surface area contributed by atoms with E-state index >= 15 is 0 Å². The van der Waals surface area contributed by atoms with E-state index in [0.717, 1.165) is 24.1 Å². The Bertz CT molecular complexity index is 733. The average Bonchev–Trinajstić information content (AvgIpc) is 3.06. The van der Waals surface area contributed by atoms with E-state index in [0.29, 0.717) is 12.0 Å². The second-order valence-corrected chi connectivity index (χ2v) is 5.57. The Balaban J connectivity index is 0.000000350. The fourth-order valence-electron chi connectivity index (χ4n) is 2.08. The Kier molecular flexibility index (Phi) is 10.1. The number of carbonyl (C=O) groups is 1. The van der Waals surface area contributed by atoms with Gasteiger partial charge >= 0.3 is 5.97 Å². The minimum atomic E-state index is -0.867. The van der Waals surface area contributed by atoms with Crippen LogP contribution in [0.5, 0.6) is 0 Å². The number of aromatic nitrogens is 2. The lowest BCUT2D eigenvalue weighted by molar-refractivity contribution is -0.132. The smallest absolute Gasteiger partial charge is 0.331 e. The lowest BCUT2D eigenvalue weighted by Crippen LogP contribution is -1.98. The van der Waals surface area contributed by atoms with Crippen molar-refractivity contribution in [2.45, 2.75) is 40.0 Å². The maximum absolute atomic E-state index is 10.9. The van der Waals surface area contributed by atoms with Gasteiger partial charge in [-0.3, -0.25) is 4.99 Å². The van der Waals surface area contributed by atoms with E-state index in [-0.39, 0.29) is 0 Å². The Morgan fingerprint density at radius 3 is 2.73 bits per heavy atom. The Hall–Kier alpha value is -2.95. The highest BCUT2D eigenvalue weighted by molar-refractivity contribution is 5.87. The highest BCUT2D eigenvalue weighted by Crippen LogP contribution is 2.19. The molecule has 5 nitrogen and oxygen atoms in total. The first-order valence-corrected chi connectivity index (χ1v) is 8.65. The number of hydrogen-bond donors (Lipinski definition) is 1. The number of unbranched alkanes of at least 4 members (excludes halogenated alkanes) is 1. The summed E-state index contributed by atoms with van der Waals surface area (Å²) in [5.41, 5.74) is 2.25. The summed E-state index contributed by atoms with van der Waals surface area (Å²) in [5, 5.41) is 12.9. The van der Waals surface area contributed by atoms with Gasteiger partial charge < -0.3 is 5.11 Å². The van der Waals surface area contributed by atoms with Crippen molar-refractivity contribution in [3.05, 3.63) is 71.8 Å². The molecule has 1 heterocycles. The van der Waals surface area contributed by atoms with Crippen molar-refractivity contribution < 1.29 is 9.90 Å². The molecule has 0 fully saturated rings. The van der Waals surface area contributed by atoms with Gasteiger partial charge in [-0.05, 0) is 51.7 Å². The fraction of sp³-hybridized carbons (Fsp3) is 0.286. The largest absolute Gasteiger partial charge is 0.478 e. The summed E-state index contributed by atoms with van der Waals surface area (Å²) in [6.07, 6.45) is 21.1. The SMILES string of the molecule is C/C=C/n1cccn1.C/C=C\CCC=NC1=CCC(C(=O)O)=CC=C1C. The molecular weight excluding hydrogens is 326 g/mol. The van der Waals surface area contributed by atoms with Crippen molar-refractivity contribution in [1.82, 2.24) is 9.78 Å². The molecule has 0 spiro atoms. The van der Waals surface area contributed by atoms with Crippen LogP contribution in [0.4, 0.5) is 0 Å². The molecule has 5 heteroatoms. The van der Waals surface area contributed by atoms with Gasteiger partial charge in [0.2, 0.25) is 0 Å². The summed E-state index contributed by atoms with van der Waals surface area (Å²) >= 11 is 0. The number of allylic oxidation sites excluding steroid dienone is 7. The third-order valence-corrected chi connectivity index (χ3v) is 3.48. The number of rotatable bonds is 6. The predicted octanol–water partition coefficient (Wildman–Crippen LogP) is 5.03. The van der Waals surface area contributed by atoms with Gasteiger partial charge in [-0.1, -0.05) is 36.5 Å². The molecule has 0 aromatic carbocycles. The molecule has 0 unspecified atom stereocenters. The second kappa shape index (κ2) is 12.4. The summed E-state index contributed by atoms with van der Waals surface area (Å²) in [6.45, 7) is 5.90. The molecule has 0 saturated carbocycles. The highest BCUT2D eigenvalue weighted by atomic mass is 16.4. The van der Waals surface area contributed by atoms with Crippen LogP contribution in [0.2, 0.25) is 0 Å². The van der Waals surface area contributed by atoms with Gasteiger partial charge in [-0.15, -0.1) is 0 Å². The number of carboxylic acid groups (broad SMARTS) is 1. The van der Waals surface area contributed by atoms with Crippen LogP contribution in [0.25, 0.3) is 6.20 Å².